The predicted molar refractivity (Wildman–Crippen MR) is 75.3 cm³/mol. The van der Waals surface area contributed by atoms with Crippen molar-refractivity contribution in [2.45, 2.75) is 0 Å². The summed E-state index contributed by atoms with van der Waals surface area (Å²) in [5.41, 5.74) is 6.99. The van der Waals surface area contributed by atoms with Crippen molar-refractivity contribution in [3.63, 3.8) is 0 Å². The van der Waals surface area contributed by atoms with Crippen LogP contribution in [-0.4, -0.2) is 25.7 Å². The van der Waals surface area contributed by atoms with E-state index >= 15 is 0 Å². The topological polar surface area (TPSA) is 112 Å². The number of rotatable bonds is 3. The lowest BCUT2D eigenvalue weighted by molar-refractivity contribution is 0.102. The van der Waals surface area contributed by atoms with Crippen LogP contribution in [0.25, 0.3) is 11.5 Å². The monoisotopic (exact) mass is 284 g/mol. The number of aromatic nitrogens is 4. The zero-order valence-corrected chi connectivity index (χ0v) is 11.1. The molecule has 3 N–H and O–H groups in total. The highest BCUT2D eigenvalue weighted by Crippen LogP contribution is 2.19. The summed E-state index contributed by atoms with van der Waals surface area (Å²) < 4.78 is 6.80. The Morgan fingerprint density at radius 2 is 2.14 bits per heavy atom. The van der Waals surface area contributed by atoms with Gasteiger partial charge in [0.2, 0.25) is 5.89 Å². The molecule has 0 aliphatic heterocycles. The molecule has 0 aliphatic carbocycles. The molecule has 1 amide bonds. The van der Waals surface area contributed by atoms with E-state index in [-0.39, 0.29) is 11.5 Å². The second-order valence-electron chi connectivity index (χ2n) is 4.33. The van der Waals surface area contributed by atoms with Crippen LogP contribution in [0.2, 0.25) is 0 Å². The van der Waals surface area contributed by atoms with Crippen molar-refractivity contribution < 1.29 is 9.21 Å². The van der Waals surface area contributed by atoms with Gasteiger partial charge in [-0.3, -0.25) is 14.5 Å². The smallest absolute Gasteiger partial charge is 0.277 e. The molecule has 8 nitrogen and oxygen atoms in total. The molecule has 0 spiro atoms. The van der Waals surface area contributed by atoms with Crippen molar-refractivity contribution in [1.29, 1.82) is 0 Å². The zero-order chi connectivity index (χ0) is 14.8. The van der Waals surface area contributed by atoms with Gasteiger partial charge in [-0.25, -0.2) is 4.98 Å². The van der Waals surface area contributed by atoms with Crippen LogP contribution in [0.4, 0.5) is 11.5 Å². The van der Waals surface area contributed by atoms with Crippen LogP contribution in [0.5, 0.6) is 0 Å². The number of amides is 1. The molecule has 21 heavy (non-hydrogen) atoms. The highest BCUT2D eigenvalue weighted by Gasteiger charge is 2.15. The van der Waals surface area contributed by atoms with Crippen LogP contribution in [0.3, 0.4) is 0 Å². The standard InChI is InChI=1S/C13H12N6O2/c1-19-6-9(11(14)18-19)16-12(20)10-7-21-13(17-10)8-2-4-15-5-3-8/h2-7H,1H3,(H2,14,18)(H,16,20). The van der Waals surface area contributed by atoms with E-state index in [1.807, 2.05) is 0 Å². The number of hydrogen-bond acceptors (Lipinski definition) is 6. The molecule has 0 saturated heterocycles. The van der Waals surface area contributed by atoms with Crippen molar-refractivity contribution in [3.8, 4) is 11.5 Å². The fourth-order valence-corrected chi connectivity index (χ4v) is 1.79. The number of pyridine rings is 1. The number of carbonyl (C=O) groups excluding carboxylic acids is 1. The van der Waals surface area contributed by atoms with Crippen LogP contribution in [-0.2, 0) is 7.05 Å². The minimum atomic E-state index is -0.418. The van der Waals surface area contributed by atoms with E-state index in [4.69, 9.17) is 10.2 Å². The van der Waals surface area contributed by atoms with Gasteiger partial charge in [-0.2, -0.15) is 5.10 Å². The Labute approximate surface area is 119 Å². The molecular weight excluding hydrogens is 272 g/mol. The SMILES string of the molecule is Cn1cc(NC(=O)c2coc(-c3ccncc3)n2)c(N)n1. The van der Waals surface area contributed by atoms with Crippen molar-refractivity contribution in [1.82, 2.24) is 19.7 Å². The fraction of sp³-hybridized carbons (Fsp3) is 0.0769. The molecule has 3 aromatic heterocycles. The van der Waals surface area contributed by atoms with Crippen LogP contribution in [0.15, 0.2) is 41.4 Å². The molecule has 0 unspecified atom stereocenters. The second-order valence-corrected chi connectivity index (χ2v) is 4.33. The average Bonchev–Trinajstić information content (AvgIpc) is 3.07. The third-order valence-corrected chi connectivity index (χ3v) is 2.77. The van der Waals surface area contributed by atoms with E-state index < -0.39 is 5.91 Å². The number of carbonyl (C=O) groups is 1. The number of hydrogen-bond donors (Lipinski definition) is 2. The average molecular weight is 284 g/mol. The van der Waals surface area contributed by atoms with Gasteiger partial charge in [-0.15, -0.1) is 0 Å². The molecule has 0 radical (unpaired) electrons. The Morgan fingerprint density at radius 1 is 1.38 bits per heavy atom. The molecule has 3 heterocycles. The molecule has 3 aromatic rings. The summed E-state index contributed by atoms with van der Waals surface area (Å²) in [5.74, 6) is 0.171. The molecule has 0 saturated carbocycles. The van der Waals surface area contributed by atoms with Gasteiger partial charge < -0.3 is 15.5 Å². The Morgan fingerprint density at radius 3 is 2.81 bits per heavy atom. The number of nitrogens with two attached hydrogens (primary N) is 1. The molecule has 106 valence electrons. The van der Waals surface area contributed by atoms with E-state index in [9.17, 15) is 4.79 Å². The predicted octanol–water partition coefficient (Wildman–Crippen LogP) is 1.30. The lowest BCUT2D eigenvalue weighted by atomic mass is 10.3. The van der Waals surface area contributed by atoms with Gasteiger partial charge in [0.05, 0.1) is 6.20 Å². The van der Waals surface area contributed by atoms with E-state index in [2.05, 4.69) is 20.4 Å². The second kappa shape index (κ2) is 5.08. The van der Waals surface area contributed by atoms with E-state index in [0.29, 0.717) is 11.6 Å². The Hall–Kier alpha value is -3.16. The van der Waals surface area contributed by atoms with Crippen molar-refractivity contribution in [2.75, 3.05) is 11.1 Å². The number of nitrogens with one attached hydrogen (secondary N) is 1. The summed E-state index contributed by atoms with van der Waals surface area (Å²) in [6.07, 6.45) is 6.14. The van der Waals surface area contributed by atoms with Crippen LogP contribution >= 0.6 is 0 Å². The van der Waals surface area contributed by atoms with Crippen LogP contribution in [0, 0.1) is 0 Å². The number of nitrogens with zero attached hydrogens (tertiary/aromatic N) is 4. The normalized spacial score (nSPS) is 10.5. The van der Waals surface area contributed by atoms with Crippen molar-refractivity contribution in [2.24, 2.45) is 7.05 Å². The maximum Gasteiger partial charge on any atom is 0.277 e. The van der Waals surface area contributed by atoms with Crippen LogP contribution < -0.4 is 11.1 Å². The highest BCUT2D eigenvalue weighted by atomic mass is 16.3. The number of oxazole rings is 1. The van der Waals surface area contributed by atoms with Gasteiger partial charge in [0.25, 0.3) is 5.91 Å². The number of aryl methyl sites for hydroxylation is 1. The van der Waals surface area contributed by atoms with Crippen molar-refractivity contribution >= 4 is 17.4 Å². The summed E-state index contributed by atoms with van der Waals surface area (Å²) >= 11 is 0. The largest absolute Gasteiger partial charge is 0.444 e. The lowest BCUT2D eigenvalue weighted by Crippen LogP contribution is -2.12. The summed E-state index contributed by atoms with van der Waals surface area (Å²) in [5, 5.41) is 6.57. The first-order chi connectivity index (χ1) is 10.1. The molecule has 0 bridgehead atoms. The molecular formula is C13H12N6O2. The maximum absolute atomic E-state index is 12.1. The summed E-state index contributed by atoms with van der Waals surface area (Å²) in [6.45, 7) is 0. The molecule has 3 rings (SSSR count). The minimum absolute atomic E-state index is 0.157. The van der Waals surface area contributed by atoms with Gasteiger partial charge in [0.15, 0.2) is 11.5 Å². The lowest BCUT2D eigenvalue weighted by Gasteiger charge is -1.99. The quantitative estimate of drug-likeness (QED) is 0.749. The summed E-state index contributed by atoms with van der Waals surface area (Å²) in [7, 11) is 1.71. The first-order valence-corrected chi connectivity index (χ1v) is 6.10. The molecule has 0 aromatic carbocycles. The molecule has 8 heteroatoms. The number of nitrogen functional groups attached to an aromatic ring is 1. The van der Waals surface area contributed by atoms with Gasteiger partial charge in [0.1, 0.15) is 12.0 Å². The molecule has 0 atom stereocenters. The van der Waals surface area contributed by atoms with E-state index in [1.165, 1.54) is 10.9 Å². The third-order valence-electron chi connectivity index (χ3n) is 2.77. The summed E-state index contributed by atoms with van der Waals surface area (Å²) in [4.78, 5) is 20.1. The molecule has 0 fully saturated rings. The van der Waals surface area contributed by atoms with Crippen molar-refractivity contribution in [3.05, 3.63) is 42.7 Å². The fourth-order valence-electron chi connectivity index (χ4n) is 1.79. The van der Waals surface area contributed by atoms with Gasteiger partial charge >= 0.3 is 0 Å². The van der Waals surface area contributed by atoms with E-state index in [0.717, 1.165) is 5.56 Å². The first-order valence-electron chi connectivity index (χ1n) is 6.10. The van der Waals surface area contributed by atoms with Gasteiger partial charge in [0, 0.05) is 25.0 Å². The third kappa shape index (κ3) is 2.59. The summed E-state index contributed by atoms with van der Waals surface area (Å²) in [6, 6.07) is 3.49. The Kier molecular flexibility index (Phi) is 3.11. The molecule has 0 aliphatic rings. The Bertz CT molecular complexity index is 777. The maximum atomic E-state index is 12.1. The minimum Gasteiger partial charge on any atom is -0.444 e. The zero-order valence-electron chi connectivity index (χ0n) is 11.1. The first kappa shape index (κ1) is 12.9. The Balaban J connectivity index is 1.80. The van der Waals surface area contributed by atoms with Gasteiger partial charge in [-0.1, -0.05) is 0 Å². The van der Waals surface area contributed by atoms with Crippen LogP contribution in [0.1, 0.15) is 10.5 Å². The number of anilines is 2. The highest BCUT2D eigenvalue weighted by molar-refractivity contribution is 6.04. The van der Waals surface area contributed by atoms with Gasteiger partial charge in [-0.05, 0) is 12.1 Å². The van der Waals surface area contributed by atoms with E-state index in [1.54, 1.807) is 37.8 Å².